The third kappa shape index (κ3) is 2.65. The second-order valence-corrected chi connectivity index (χ2v) is 8.24. The third-order valence-electron chi connectivity index (χ3n) is 5.82. The minimum Gasteiger partial charge on any atom is -0.282 e. The first-order chi connectivity index (χ1) is 13.3. The number of rotatable bonds is 3. The van der Waals surface area contributed by atoms with Crippen molar-refractivity contribution in [1.29, 1.82) is 0 Å². The van der Waals surface area contributed by atoms with Crippen LogP contribution < -0.4 is 4.90 Å². The maximum atomic E-state index is 13.3. The minimum atomic E-state index is -0.288. The van der Waals surface area contributed by atoms with E-state index in [-0.39, 0.29) is 35.7 Å². The molecule has 0 spiro atoms. The molecule has 4 atom stereocenters. The first-order valence-electron chi connectivity index (χ1n) is 9.25. The summed E-state index contributed by atoms with van der Waals surface area (Å²) in [7, 11) is 0. The van der Waals surface area contributed by atoms with E-state index in [1.165, 1.54) is 4.90 Å². The first-order valence-corrected chi connectivity index (χ1v) is 10.4. The Kier molecular flexibility index (Phi) is 4.14. The second-order valence-electron chi connectivity index (χ2n) is 7.24. The summed E-state index contributed by atoms with van der Waals surface area (Å²) in [4.78, 5) is 30.3. The smallest absolute Gasteiger partial charge is 0.239 e. The van der Waals surface area contributed by atoms with E-state index >= 15 is 0 Å². The van der Waals surface area contributed by atoms with Gasteiger partial charge in [-0.3, -0.25) is 14.5 Å². The normalized spacial score (nSPS) is 30.3. The van der Waals surface area contributed by atoms with Gasteiger partial charge in [0, 0.05) is 23.7 Å². The highest BCUT2D eigenvalue weighted by Crippen LogP contribution is 2.48. The standard InChI is InChI=1S/C22H20N2O2S/c25-21-19-17(12-11-15-7-3-1-4-8-15)23-14-27-13-18(23)20(19)22(26)24(21)16-9-5-2-6-10-16/h1-12,17-20H,13-14H2/b12-11+/t17-,18+,19-,20-/m0/s1. The molecular weight excluding hydrogens is 356 g/mol. The predicted molar refractivity (Wildman–Crippen MR) is 108 cm³/mol. The largest absolute Gasteiger partial charge is 0.282 e. The van der Waals surface area contributed by atoms with Gasteiger partial charge in [0.2, 0.25) is 11.8 Å². The molecule has 136 valence electrons. The monoisotopic (exact) mass is 376 g/mol. The zero-order valence-corrected chi connectivity index (χ0v) is 15.6. The van der Waals surface area contributed by atoms with Crippen molar-refractivity contribution in [1.82, 2.24) is 4.90 Å². The van der Waals surface area contributed by atoms with Crippen LogP contribution in [-0.4, -0.2) is 40.4 Å². The molecule has 2 aromatic carbocycles. The van der Waals surface area contributed by atoms with Crippen molar-refractivity contribution < 1.29 is 9.59 Å². The molecule has 0 radical (unpaired) electrons. The summed E-state index contributed by atoms with van der Waals surface area (Å²) < 4.78 is 0. The van der Waals surface area contributed by atoms with Gasteiger partial charge in [0.25, 0.3) is 0 Å². The van der Waals surface area contributed by atoms with Gasteiger partial charge in [-0.1, -0.05) is 60.7 Å². The van der Waals surface area contributed by atoms with Crippen LogP contribution in [0.5, 0.6) is 0 Å². The van der Waals surface area contributed by atoms with Gasteiger partial charge in [0.15, 0.2) is 0 Å². The number of thioether (sulfide) groups is 1. The Hall–Kier alpha value is -2.37. The maximum Gasteiger partial charge on any atom is 0.239 e. The third-order valence-corrected chi connectivity index (χ3v) is 6.88. The number of carbonyl (C=O) groups is 2. The molecule has 2 amide bonds. The van der Waals surface area contributed by atoms with Gasteiger partial charge < -0.3 is 0 Å². The zero-order valence-electron chi connectivity index (χ0n) is 14.8. The van der Waals surface area contributed by atoms with Crippen LogP contribution in [-0.2, 0) is 9.59 Å². The lowest BCUT2D eigenvalue weighted by molar-refractivity contribution is -0.123. The van der Waals surface area contributed by atoms with Crippen LogP contribution in [0.4, 0.5) is 5.69 Å². The Morgan fingerprint density at radius 3 is 2.30 bits per heavy atom. The van der Waals surface area contributed by atoms with Crippen molar-refractivity contribution in [3.8, 4) is 0 Å². The molecule has 3 heterocycles. The van der Waals surface area contributed by atoms with Crippen LogP contribution in [0.3, 0.4) is 0 Å². The zero-order chi connectivity index (χ0) is 18.4. The molecule has 5 heteroatoms. The topological polar surface area (TPSA) is 40.6 Å². The predicted octanol–water partition coefficient (Wildman–Crippen LogP) is 3.26. The molecular formula is C22H20N2O2S. The fourth-order valence-electron chi connectivity index (χ4n) is 4.61. The van der Waals surface area contributed by atoms with Crippen molar-refractivity contribution >= 4 is 35.3 Å². The summed E-state index contributed by atoms with van der Waals surface area (Å²) in [5.41, 5.74) is 1.80. The Balaban J connectivity index is 1.51. The summed E-state index contributed by atoms with van der Waals surface area (Å²) in [5.74, 6) is 1.18. The Labute approximate surface area is 162 Å². The molecule has 3 fully saturated rings. The number of hydrogen-bond acceptors (Lipinski definition) is 4. The SMILES string of the molecule is O=C1[C@@H]2[C@@H](C(=O)N1c1ccccc1)[C@H](/C=C/c1ccccc1)N1CSC[C@H]21. The van der Waals surface area contributed by atoms with E-state index in [0.29, 0.717) is 5.69 Å². The van der Waals surface area contributed by atoms with Crippen molar-refractivity contribution in [2.75, 3.05) is 16.5 Å². The maximum absolute atomic E-state index is 13.3. The van der Waals surface area contributed by atoms with Crippen LogP contribution in [0.1, 0.15) is 5.56 Å². The fourth-order valence-corrected chi connectivity index (χ4v) is 5.93. The van der Waals surface area contributed by atoms with E-state index in [1.807, 2.05) is 60.3 Å². The number of para-hydroxylation sites is 1. The molecule has 0 aliphatic carbocycles. The van der Waals surface area contributed by atoms with E-state index in [9.17, 15) is 9.59 Å². The Morgan fingerprint density at radius 2 is 1.56 bits per heavy atom. The fraction of sp³-hybridized carbons (Fsp3) is 0.273. The molecule has 3 saturated heterocycles. The van der Waals surface area contributed by atoms with Gasteiger partial charge in [0.05, 0.1) is 17.5 Å². The second kappa shape index (κ2) is 6.66. The minimum absolute atomic E-state index is 0.0274. The molecule has 4 nitrogen and oxygen atoms in total. The number of benzene rings is 2. The van der Waals surface area contributed by atoms with Crippen LogP contribution >= 0.6 is 11.8 Å². The van der Waals surface area contributed by atoms with E-state index < -0.39 is 0 Å². The lowest BCUT2D eigenvalue weighted by Crippen LogP contribution is -2.42. The number of anilines is 1. The van der Waals surface area contributed by atoms with E-state index in [4.69, 9.17) is 0 Å². The summed E-state index contributed by atoms with van der Waals surface area (Å²) in [6.07, 6.45) is 4.20. The molecule has 0 N–H and O–H groups in total. The Morgan fingerprint density at radius 1 is 0.889 bits per heavy atom. The quantitative estimate of drug-likeness (QED) is 0.771. The summed E-state index contributed by atoms with van der Waals surface area (Å²) in [6.45, 7) is 0. The van der Waals surface area contributed by atoms with Gasteiger partial charge in [-0.25, -0.2) is 4.90 Å². The van der Waals surface area contributed by atoms with Gasteiger partial charge in [-0.15, -0.1) is 11.8 Å². The average molecular weight is 376 g/mol. The molecule has 0 aromatic heterocycles. The number of hydrogen-bond donors (Lipinski definition) is 0. The highest BCUT2D eigenvalue weighted by molar-refractivity contribution is 7.99. The number of fused-ring (bicyclic) bond motifs is 3. The van der Waals surface area contributed by atoms with Crippen molar-refractivity contribution in [3.63, 3.8) is 0 Å². The molecule has 3 aliphatic rings. The molecule has 3 aliphatic heterocycles. The number of carbonyl (C=O) groups excluding carboxylic acids is 2. The van der Waals surface area contributed by atoms with Crippen molar-refractivity contribution in [3.05, 3.63) is 72.3 Å². The van der Waals surface area contributed by atoms with Crippen molar-refractivity contribution in [2.45, 2.75) is 12.1 Å². The van der Waals surface area contributed by atoms with Gasteiger partial charge in [-0.2, -0.15) is 0 Å². The van der Waals surface area contributed by atoms with E-state index in [2.05, 4.69) is 29.2 Å². The van der Waals surface area contributed by atoms with Gasteiger partial charge in [-0.05, 0) is 17.7 Å². The van der Waals surface area contributed by atoms with E-state index in [0.717, 1.165) is 17.2 Å². The molecule has 27 heavy (non-hydrogen) atoms. The lowest BCUT2D eigenvalue weighted by Gasteiger charge is -2.25. The summed E-state index contributed by atoms with van der Waals surface area (Å²) >= 11 is 1.85. The van der Waals surface area contributed by atoms with Crippen LogP contribution in [0.25, 0.3) is 6.08 Å². The molecule has 2 aromatic rings. The number of imide groups is 1. The first kappa shape index (κ1) is 16.8. The molecule has 0 saturated carbocycles. The molecule has 0 bridgehead atoms. The molecule has 5 rings (SSSR count). The average Bonchev–Trinajstić information content (AvgIpc) is 3.34. The van der Waals surface area contributed by atoms with Crippen LogP contribution in [0.2, 0.25) is 0 Å². The molecule has 0 unspecified atom stereocenters. The summed E-state index contributed by atoms with van der Waals surface area (Å²) in [6, 6.07) is 19.6. The lowest BCUT2D eigenvalue weighted by atomic mass is 9.89. The van der Waals surface area contributed by atoms with E-state index in [1.54, 1.807) is 0 Å². The summed E-state index contributed by atoms with van der Waals surface area (Å²) in [5, 5.41) is 0. The highest BCUT2D eigenvalue weighted by Gasteiger charge is 2.62. The Bertz CT molecular complexity index is 899. The number of nitrogens with zero attached hydrogens (tertiary/aromatic N) is 2. The van der Waals surface area contributed by atoms with Crippen molar-refractivity contribution in [2.24, 2.45) is 11.8 Å². The van der Waals surface area contributed by atoms with Gasteiger partial charge >= 0.3 is 0 Å². The van der Waals surface area contributed by atoms with Crippen LogP contribution in [0.15, 0.2) is 66.7 Å². The van der Waals surface area contributed by atoms with Gasteiger partial charge in [0.1, 0.15) is 0 Å². The highest BCUT2D eigenvalue weighted by atomic mass is 32.2. The van der Waals surface area contributed by atoms with Crippen LogP contribution in [0, 0.1) is 11.8 Å². The number of amides is 2.